The number of thiophene rings is 1. The van der Waals surface area contributed by atoms with E-state index in [0.717, 1.165) is 11.3 Å². The van der Waals surface area contributed by atoms with Crippen molar-refractivity contribution < 1.29 is 13.5 Å². The summed E-state index contributed by atoms with van der Waals surface area (Å²) in [6, 6.07) is 1.38. The van der Waals surface area contributed by atoms with Gasteiger partial charge in [-0.1, -0.05) is 11.6 Å². The van der Waals surface area contributed by atoms with Gasteiger partial charge in [-0.2, -0.15) is 0 Å². The molecule has 0 radical (unpaired) electrons. The molecule has 0 atom stereocenters. The molecule has 8 heteroatoms. The van der Waals surface area contributed by atoms with E-state index in [-0.39, 0.29) is 16.5 Å². The maximum absolute atomic E-state index is 11.9. The van der Waals surface area contributed by atoms with E-state index >= 15 is 0 Å². The van der Waals surface area contributed by atoms with Crippen LogP contribution in [-0.4, -0.2) is 25.7 Å². The summed E-state index contributed by atoms with van der Waals surface area (Å²) < 4.78 is 26.4. The largest absolute Gasteiger partial charge is 0.397 e. The van der Waals surface area contributed by atoms with Crippen molar-refractivity contribution in [3.05, 3.63) is 10.4 Å². The van der Waals surface area contributed by atoms with E-state index in [1.54, 1.807) is 13.8 Å². The highest BCUT2D eigenvalue weighted by Gasteiger charge is 2.28. The van der Waals surface area contributed by atoms with Gasteiger partial charge < -0.3 is 10.8 Å². The average Bonchev–Trinajstić information content (AvgIpc) is 2.44. The second kappa shape index (κ2) is 4.50. The second-order valence-corrected chi connectivity index (χ2v) is 7.50. The summed E-state index contributed by atoms with van der Waals surface area (Å²) in [5.74, 6) is 0. The molecule has 16 heavy (non-hydrogen) atoms. The summed E-state index contributed by atoms with van der Waals surface area (Å²) in [5.41, 5.74) is 4.70. The highest BCUT2D eigenvalue weighted by molar-refractivity contribution is 7.91. The van der Waals surface area contributed by atoms with Crippen LogP contribution in [0.1, 0.15) is 13.8 Å². The summed E-state index contributed by atoms with van der Waals surface area (Å²) in [4.78, 5) is 0. The van der Waals surface area contributed by atoms with Crippen LogP contribution in [0.25, 0.3) is 0 Å². The molecule has 0 spiro atoms. The first-order valence-corrected chi connectivity index (χ1v) is 7.05. The van der Waals surface area contributed by atoms with Gasteiger partial charge in [0.15, 0.2) is 4.21 Å². The number of hydrogen-bond acceptors (Lipinski definition) is 5. The lowest BCUT2D eigenvalue weighted by atomic mass is 10.1. The van der Waals surface area contributed by atoms with E-state index in [1.807, 2.05) is 0 Å². The van der Waals surface area contributed by atoms with Crippen LogP contribution in [0.15, 0.2) is 10.3 Å². The summed E-state index contributed by atoms with van der Waals surface area (Å²) in [6.45, 7) is 2.82. The second-order valence-electron chi connectivity index (χ2n) is 3.94. The molecule has 0 aromatic carbocycles. The number of nitrogen functional groups attached to an aromatic ring is 1. The van der Waals surface area contributed by atoms with Gasteiger partial charge in [0.2, 0.25) is 0 Å². The number of nitrogens with two attached hydrogens (primary N) is 1. The predicted octanol–water partition coefficient (Wildman–Crippen LogP) is 1.03. The Morgan fingerprint density at radius 3 is 2.56 bits per heavy atom. The van der Waals surface area contributed by atoms with Crippen molar-refractivity contribution in [1.82, 2.24) is 4.72 Å². The predicted molar refractivity (Wildman–Crippen MR) is 65.2 cm³/mol. The van der Waals surface area contributed by atoms with Crippen LogP contribution in [0.3, 0.4) is 0 Å². The SMILES string of the molecule is CC(C)(CO)NS(=O)(=O)c1sc(Cl)cc1N. The molecule has 5 nitrogen and oxygen atoms in total. The number of hydrogen-bond donors (Lipinski definition) is 3. The Kier molecular flexibility index (Phi) is 3.86. The fourth-order valence-corrected chi connectivity index (χ4v) is 4.12. The minimum Gasteiger partial charge on any atom is -0.397 e. The number of anilines is 1. The third-order valence-electron chi connectivity index (χ3n) is 1.74. The molecule has 0 unspecified atom stereocenters. The summed E-state index contributed by atoms with van der Waals surface area (Å²) in [7, 11) is -3.74. The molecule has 0 aliphatic carbocycles. The Morgan fingerprint density at radius 1 is 1.62 bits per heavy atom. The van der Waals surface area contributed by atoms with Crippen LogP contribution in [0.2, 0.25) is 4.34 Å². The third-order valence-corrected chi connectivity index (χ3v) is 5.27. The smallest absolute Gasteiger partial charge is 0.252 e. The van der Waals surface area contributed by atoms with Gasteiger partial charge in [-0.15, -0.1) is 11.3 Å². The van der Waals surface area contributed by atoms with Crippen molar-refractivity contribution in [3.63, 3.8) is 0 Å². The first kappa shape index (κ1) is 13.7. The molecular formula is C8H13ClN2O3S2. The normalized spacial score (nSPS) is 13.0. The molecule has 0 aliphatic rings. The molecule has 1 aromatic rings. The first-order valence-electron chi connectivity index (χ1n) is 4.37. The lowest BCUT2D eigenvalue weighted by Crippen LogP contribution is -2.46. The highest BCUT2D eigenvalue weighted by Crippen LogP contribution is 2.32. The molecule has 0 saturated heterocycles. The maximum atomic E-state index is 11.9. The quantitative estimate of drug-likeness (QED) is 0.770. The van der Waals surface area contributed by atoms with Crippen LogP contribution in [-0.2, 0) is 10.0 Å². The van der Waals surface area contributed by atoms with E-state index in [9.17, 15) is 8.42 Å². The molecule has 0 aliphatic heterocycles. The molecule has 1 rings (SSSR count). The van der Waals surface area contributed by atoms with Crippen molar-refractivity contribution in [2.24, 2.45) is 0 Å². The van der Waals surface area contributed by atoms with Crippen LogP contribution in [0, 0.1) is 0 Å². The topological polar surface area (TPSA) is 92.4 Å². The number of rotatable bonds is 4. The Morgan fingerprint density at radius 2 is 2.19 bits per heavy atom. The summed E-state index contributed by atoms with van der Waals surface area (Å²) in [6.07, 6.45) is 0. The molecule has 1 heterocycles. The van der Waals surface area contributed by atoms with Crippen molar-refractivity contribution in [1.29, 1.82) is 0 Å². The van der Waals surface area contributed by atoms with Gasteiger partial charge in [0.05, 0.1) is 22.2 Å². The van der Waals surface area contributed by atoms with Crippen LogP contribution < -0.4 is 10.5 Å². The summed E-state index contributed by atoms with van der Waals surface area (Å²) >= 11 is 6.55. The maximum Gasteiger partial charge on any atom is 0.252 e. The van der Waals surface area contributed by atoms with Gasteiger partial charge in [-0.3, -0.25) is 0 Å². The zero-order chi connectivity index (χ0) is 12.6. The molecule has 0 fully saturated rings. The number of nitrogens with one attached hydrogen (secondary N) is 1. The van der Waals surface area contributed by atoms with E-state index in [1.165, 1.54) is 6.07 Å². The van der Waals surface area contributed by atoms with Crippen molar-refractivity contribution in [3.8, 4) is 0 Å². The zero-order valence-corrected chi connectivity index (χ0v) is 11.2. The van der Waals surface area contributed by atoms with Crippen molar-refractivity contribution in [2.75, 3.05) is 12.3 Å². The zero-order valence-electron chi connectivity index (χ0n) is 8.82. The fraction of sp³-hybridized carbons (Fsp3) is 0.500. The molecule has 0 bridgehead atoms. The minimum atomic E-state index is -3.74. The van der Waals surface area contributed by atoms with Crippen molar-refractivity contribution in [2.45, 2.75) is 23.6 Å². The first-order chi connectivity index (χ1) is 7.18. The molecular weight excluding hydrogens is 272 g/mol. The standard InChI is InChI=1S/C8H13ClN2O3S2/c1-8(2,4-12)11-16(13,14)7-5(10)3-6(9)15-7/h3,11-12H,4,10H2,1-2H3. The van der Waals surface area contributed by atoms with Crippen LogP contribution in [0.5, 0.6) is 0 Å². The van der Waals surface area contributed by atoms with Gasteiger partial charge >= 0.3 is 0 Å². The number of halogens is 1. The molecule has 0 amide bonds. The van der Waals surface area contributed by atoms with E-state index in [4.69, 9.17) is 22.4 Å². The van der Waals surface area contributed by atoms with E-state index in [2.05, 4.69) is 4.72 Å². The van der Waals surface area contributed by atoms with E-state index in [0.29, 0.717) is 4.34 Å². The van der Waals surface area contributed by atoms with Crippen LogP contribution >= 0.6 is 22.9 Å². The Labute approximate surface area is 103 Å². The lowest BCUT2D eigenvalue weighted by Gasteiger charge is -2.22. The monoisotopic (exact) mass is 284 g/mol. The Balaban J connectivity index is 3.09. The number of aliphatic hydroxyl groups is 1. The van der Waals surface area contributed by atoms with Gasteiger partial charge in [0.1, 0.15) is 0 Å². The third kappa shape index (κ3) is 3.08. The van der Waals surface area contributed by atoms with Crippen molar-refractivity contribution >= 4 is 38.6 Å². The van der Waals surface area contributed by atoms with E-state index < -0.39 is 15.6 Å². The fourth-order valence-electron chi connectivity index (χ4n) is 1.01. The Bertz CT molecular complexity index is 481. The minimum absolute atomic E-state index is 0.0287. The number of aliphatic hydroxyl groups excluding tert-OH is 1. The highest BCUT2D eigenvalue weighted by atomic mass is 35.5. The molecule has 1 aromatic heterocycles. The number of sulfonamides is 1. The summed E-state index contributed by atoms with van der Waals surface area (Å²) in [5, 5.41) is 9.00. The van der Waals surface area contributed by atoms with Crippen LogP contribution in [0.4, 0.5) is 5.69 Å². The molecule has 0 saturated carbocycles. The average molecular weight is 285 g/mol. The Hall–Kier alpha value is -0.340. The molecule has 4 N–H and O–H groups in total. The van der Waals surface area contributed by atoms with Gasteiger partial charge in [-0.05, 0) is 19.9 Å². The van der Waals surface area contributed by atoms with Gasteiger partial charge in [0.25, 0.3) is 10.0 Å². The van der Waals surface area contributed by atoms with Gasteiger partial charge in [-0.25, -0.2) is 13.1 Å². The molecule has 92 valence electrons. The van der Waals surface area contributed by atoms with Gasteiger partial charge in [0, 0.05) is 0 Å². The lowest BCUT2D eigenvalue weighted by molar-refractivity contribution is 0.208.